The minimum absolute atomic E-state index is 0.0414. The second-order valence-corrected chi connectivity index (χ2v) is 6.71. The molecule has 1 aromatic rings. The van der Waals surface area contributed by atoms with Crippen molar-refractivity contribution in [2.75, 3.05) is 5.32 Å². The number of nitrogens with one attached hydrogen (secondary N) is 2. The highest BCUT2D eigenvalue weighted by Crippen LogP contribution is 2.28. The van der Waals surface area contributed by atoms with Crippen LogP contribution in [0.1, 0.15) is 32.8 Å². The zero-order chi connectivity index (χ0) is 13.3. The summed E-state index contributed by atoms with van der Waals surface area (Å²) in [5.41, 5.74) is 2.12. The van der Waals surface area contributed by atoms with Crippen LogP contribution >= 0.6 is 0 Å². The predicted octanol–water partition coefficient (Wildman–Crippen LogP) is 2.12. The Hall–Kier alpha value is -1.07. The minimum Gasteiger partial charge on any atom is -0.382 e. The van der Waals surface area contributed by atoms with Crippen LogP contribution < -0.4 is 10.0 Å². The smallest absolute Gasteiger partial charge is 0.240 e. The lowest BCUT2D eigenvalue weighted by atomic mass is 10.1. The van der Waals surface area contributed by atoms with Crippen molar-refractivity contribution in [2.24, 2.45) is 0 Å². The van der Waals surface area contributed by atoms with Crippen molar-refractivity contribution >= 4 is 15.7 Å². The third-order valence-corrected chi connectivity index (χ3v) is 4.87. The zero-order valence-corrected chi connectivity index (χ0v) is 11.8. The molecule has 1 aliphatic rings. The molecule has 18 heavy (non-hydrogen) atoms. The maximum Gasteiger partial charge on any atom is 0.240 e. The lowest BCUT2D eigenvalue weighted by Crippen LogP contribution is -2.32. The second-order valence-electron chi connectivity index (χ2n) is 5.00. The molecule has 0 saturated carbocycles. The Balaban J connectivity index is 2.27. The molecule has 0 fully saturated rings. The standard InChI is InChI=1S/C13H20N2O2S/c1-4-9(2)15-18(16,17)12-5-6-13-11(8-12)7-10(3)14-13/h5-6,8-10,14-15H,4,7H2,1-3H3. The van der Waals surface area contributed by atoms with E-state index < -0.39 is 10.0 Å². The maximum absolute atomic E-state index is 12.2. The Morgan fingerprint density at radius 1 is 1.50 bits per heavy atom. The van der Waals surface area contributed by atoms with Crippen LogP contribution in [-0.4, -0.2) is 20.5 Å². The molecule has 2 rings (SSSR count). The molecule has 0 saturated heterocycles. The second kappa shape index (κ2) is 4.90. The Bertz CT molecular complexity index is 540. The number of fused-ring (bicyclic) bond motifs is 1. The summed E-state index contributed by atoms with van der Waals surface area (Å²) in [4.78, 5) is 0.359. The molecule has 5 heteroatoms. The van der Waals surface area contributed by atoms with Crippen LogP contribution in [0.5, 0.6) is 0 Å². The number of benzene rings is 1. The van der Waals surface area contributed by atoms with E-state index in [-0.39, 0.29) is 6.04 Å². The molecule has 2 atom stereocenters. The van der Waals surface area contributed by atoms with Crippen LogP contribution in [0.2, 0.25) is 0 Å². The van der Waals surface area contributed by atoms with Gasteiger partial charge < -0.3 is 5.32 Å². The summed E-state index contributed by atoms with van der Waals surface area (Å²) in [5, 5.41) is 3.31. The van der Waals surface area contributed by atoms with E-state index in [1.807, 2.05) is 19.9 Å². The summed E-state index contributed by atoms with van der Waals surface area (Å²) in [6.45, 7) is 5.92. The lowest BCUT2D eigenvalue weighted by molar-refractivity contribution is 0.556. The molecule has 0 spiro atoms. The van der Waals surface area contributed by atoms with Crippen molar-refractivity contribution < 1.29 is 8.42 Å². The summed E-state index contributed by atoms with van der Waals surface area (Å²) in [7, 11) is -3.39. The van der Waals surface area contributed by atoms with Crippen LogP contribution in [-0.2, 0) is 16.4 Å². The molecule has 0 radical (unpaired) electrons. The third kappa shape index (κ3) is 2.67. The summed E-state index contributed by atoms with van der Waals surface area (Å²) in [5.74, 6) is 0. The Kier molecular flexibility index (Phi) is 3.64. The highest BCUT2D eigenvalue weighted by atomic mass is 32.2. The highest BCUT2D eigenvalue weighted by molar-refractivity contribution is 7.89. The van der Waals surface area contributed by atoms with Crippen molar-refractivity contribution in [1.82, 2.24) is 4.72 Å². The Morgan fingerprint density at radius 3 is 2.89 bits per heavy atom. The van der Waals surface area contributed by atoms with Crippen molar-refractivity contribution in [3.63, 3.8) is 0 Å². The highest BCUT2D eigenvalue weighted by Gasteiger charge is 2.21. The fourth-order valence-corrected chi connectivity index (χ4v) is 3.49. The minimum atomic E-state index is -3.39. The summed E-state index contributed by atoms with van der Waals surface area (Å²) < 4.78 is 27.0. The molecule has 0 aromatic heterocycles. The predicted molar refractivity (Wildman–Crippen MR) is 73.3 cm³/mol. The molecular weight excluding hydrogens is 248 g/mol. The SMILES string of the molecule is CCC(C)NS(=O)(=O)c1ccc2c(c1)CC(C)N2. The fraction of sp³-hybridized carbons (Fsp3) is 0.538. The first kappa shape index (κ1) is 13.4. The number of hydrogen-bond donors (Lipinski definition) is 2. The van der Waals surface area contributed by atoms with Crippen molar-refractivity contribution in [1.29, 1.82) is 0 Å². The third-order valence-electron chi connectivity index (χ3n) is 3.28. The van der Waals surface area contributed by atoms with Gasteiger partial charge in [0.15, 0.2) is 0 Å². The van der Waals surface area contributed by atoms with Crippen LogP contribution in [0, 0.1) is 0 Å². The lowest BCUT2D eigenvalue weighted by Gasteiger charge is -2.12. The largest absolute Gasteiger partial charge is 0.382 e. The zero-order valence-electron chi connectivity index (χ0n) is 11.0. The van der Waals surface area contributed by atoms with Gasteiger partial charge in [0.05, 0.1) is 4.90 Å². The number of sulfonamides is 1. The molecule has 0 aliphatic carbocycles. The first-order valence-electron chi connectivity index (χ1n) is 6.34. The summed E-state index contributed by atoms with van der Waals surface area (Å²) in [6.07, 6.45) is 1.66. The van der Waals surface area contributed by atoms with Crippen LogP contribution in [0.4, 0.5) is 5.69 Å². The Morgan fingerprint density at radius 2 is 2.22 bits per heavy atom. The molecule has 1 aromatic carbocycles. The number of hydrogen-bond acceptors (Lipinski definition) is 3. The van der Waals surface area contributed by atoms with E-state index in [2.05, 4.69) is 17.0 Å². The van der Waals surface area contributed by atoms with Crippen LogP contribution in [0.25, 0.3) is 0 Å². The molecule has 4 nitrogen and oxygen atoms in total. The van der Waals surface area contributed by atoms with Gasteiger partial charge in [-0.3, -0.25) is 0 Å². The van der Waals surface area contributed by atoms with E-state index in [4.69, 9.17) is 0 Å². The van der Waals surface area contributed by atoms with E-state index in [0.29, 0.717) is 10.9 Å². The maximum atomic E-state index is 12.2. The van der Waals surface area contributed by atoms with E-state index in [1.54, 1.807) is 12.1 Å². The first-order valence-corrected chi connectivity index (χ1v) is 7.82. The molecule has 0 bridgehead atoms. The Labute approximate surface area is 109 Å². The van der Waals surface area contributed by atoms with E-state index in [9.17, 15) is 8.42 Å². The van der Waals surface area contributed by atoms with Gasteiger partial charge in [-0.25, -0.2) is 13.1 Å². The van der Waals surface area contributed by atoms with Gasteiger partial charge in [0, 0.05) is 17.8 Å². The van der Waals surface area contributed by atoms with Crippen molar-refractivity contribution in [3.05, 3.63) is 23.8 Å². The van der Waals surface area contributed by atoms with Gasteiger partial charge in [-0.2, -0.15) is 0 Å². The van der Waals surface area contributed by atoms with Gasteiger partial charge in [0.2, 0.25) is 10.0 Å². The molecule has 100 valence electrons. The van der Waals surface area contributed by atoms with Gasteiger partial charge in [0.1, 0.15) is 0 Å². The monoisotopic (exact) mass is 268 g/mol. The van der Waals surface area contributed by atoms with E-state index in [1.165, 1.54) is 0 Å². The first-order chi connectivity index (χ1) is 8.42. The van der Waals surface area contributed by atoms with Crippen LogP contribution in [0.3, 0.4) is 0 Å². The molecule has 2 unspecified atom stereocenters. The average molecular weight is 268 g/mol. The van der Waals surface area contributed by atoms with Gasteiger partial charge in [-0.05, 0) is 50.5 Å². The molecule has 0 amide bonds. The quantitative estimate of drug-likeness (QED) is 0.879. The summed E-state index contributed by atoms with van der Waals surface area (Å²) in [6, 6.07) is 5.62. The van der Waals surface area contributed by atoms with Crippen LogP contribution in [0.15, 0.2) is 23.1 Å². The van der Waals surface area contributed by atoms with Gasteiger partial charge in [0.25, 0.3) is 0 Å². The van der Waals surface area contributed by atoms with Gasteiger partial charge in [-0.1, -0.05) is 6.92 Å². The van der Waals surface area contributed by atoms with Gasteiger partial charge in [-0.15, -0.1) is 0 Å². The molecular formula is C13H20N2O2S. The normalized spacial score (nSPS) is 20.3. The molecule has 1 aliphatic heterocycles. The average Bonchev–Trinajstić information content (AvgIpc) is 2.67. The topological polar surface area (TPSA) is 58.2 Å². The molecule has 2 N–H and O–H groups in total. The summed E-state index contributed by atoms with van der Waals surface area (Å²) >= 11 is 0. The van der Waals surface area contributed by atoms with Crippen molar-refractivity contribution in [2.45, 2.75) is 50.6 Å². The number of rotatable bonds is 4. The fourth-order valence-electron chi connectivity index (χ4n) is 2.11. The van der Waals surface area contributed by atoms with Gasteiger partial charge >= 0.3 is 0 Å². The van der Waals surface area contributed by atoms with Crippen molar-refractivity contribution in [3.8, 4) is 0 Å². The van der Waals surface area contributed by atoms with E-state index in [0.717, 1.165) is 24.1 Å². The number of anilines is 1. The molecule has 1 heterocycles. The van der Waals surface area contributed by atoms with E-state index >= 15 is 0 Å².